The van der Waals surface area contributed by atoms with Crippen LogP contribution >= 0.6 is 0 Å². The normalized spacial score (nSPS) is 13.8. The summed E-state index contributed by atoms with van der Waals surface area (Å²) in [6.45, 7) is 0.347. The summed E-state index contributed by atoms with van der Waals surface area (Å²) in [5.74, 6) is 1.54. The summed E-state index contributed by atoms with van der Waals surface area (Å²) >= 11 is 0. The van der Waals surface area contributed by atoms with Crippen molar-refractivity contribution >= 4 is 5.91 Å². The van der Waals surface area contributed by atoms with Gasteiger partial charge < -0.3 is 24.3 Å². The van der Waals surface area contributed by atoms with Crippen molar-refractivity contribution in [2.75, 3.05) is 21.3 Å². The van der Waals surface area contributed by atoms with Crippen molar-refractivity contribution in [1.82, 2.24) is 10.3 Å². The molecule has 7 heteroatoms. The van der Waals surface area contributed by atoms with Crippen molar-refractivity contribution in [3.8, 4) is 23.1 Å². The summed E-state index contributed by atoms with van der Waals surface area (Å²) < 4.78 is 21.9. The number of hydrogen-bond donors (Lipinski definition) is 1. The standard InChI is InChI=1S/C21H26N2O5/c1-25-17-9-8-16(19(26-2)20(17)27-3)21(24)23-13-14-10-11-22-18(12-14)28-15-6-4-5-7-15/h8-12,15H,4-7,13H2,1-3H3,(H,23,24). The molecule has 0 bridgehead atoms. The second-order valence-corrected chi connectivity index (χ2v) is 6.59. The average molecular weight is 386 g/mol. The predicted molar refractivity (Wildman–Crippen MR) is 104 cm³/mol. The first-order valence-electron chi connectivity index (χ1n) is 9.35. The summed E-state index contributed by atoms with van der Waals surface area (Å²) in [4.78, 5) is 17.0. The first-order chi connectivity index (χ1) is 13.7. The predicted octanol–water partition coefficient (Wildman–Crippen LogP) is 3.36. The molecule has 1 aromatic carbocycles. The number of carbonyl (C=O) groups is 1. The van der Waals surface area contributed by atoms with Gasteiger partial charge in [-0.15, -0.1) is 0 Å². The van der Waals surface area contributed by atoms with Gasteiger partial charge in [-0.1, -0.05) is 0 Å². The van der Waals surface area contributed by atoms with E-state index < -0.39 is 0 Å². The smallest absolute Gasteiger partial charge is 0.255 e. The van der Waals surface area contributed by atoms with Crippen LogP contribution in [0.25, 0.3) is 0 Å². The van der Waals surface area contributed by atoms with Crippen LogP contribution < -0.4 is 24.3 Å². The van der Waals surface area contributed by atoms with Crippen molar-refractivity contribution in [1.29, 1.82) is 0 Å². The number of benzene rings is 1. The van der Waals surface area contributed by atoms with Gasteiger partial charge in [-0.25, -0.2) is 4.98 Å². The Morgan fingerprint density at radius 3 is 2.50 bits per heavy atom. The second kappa shape index (κ2) is 9.30. The number of pyridine rings is 1. The highest BCUT2D eigenvalue weighted by molar-refractivity contribution is 5.98. The number of nitrogens with one attached hydrogen (secondary N) is 1. The molecule has 2 aromatic rings. The largest absolute Gasteiger partial charge is 0.493 e. The van der Waals surface area contributed by atoms with Crippen LogP contribution in [0.1, 0.15) is 41.6 Å². The minimum Gasteiger partial charge on any atom is -0.493 e. The number of methoxy groups -OCH3 is 3. The zero-order valence-electron chi connectivity index (χ0n) is 16.5. The van der Waals surface area contributed by atoms with Crippen LogP contribution in [-0.4, -0.2) is 38.3 Å². The van der Waals surface area contributed by atoms with Crippen LogP contribution in [0.5, 0.6) is 23.1 Å². The molecule has 1 heterocycles. The zero-order chi connectivity index (χ0) is 19.9. The van der Waals surface area contributed by atoms with Gasteiger partial charge in [-0.3, -0.25) is 4.79 Å². The maximum atomic E-state index is 12.7. The Morgan fingerprint density at radius 1 is 1.07 bits per heavy atom. The van der Waals surface area contributed by atoms with Crippen LogP contribution in [0, 0.1) is 0 Å². The Kier molecular flexibility index (Phi) is 6.57. The van der Waals surface area contributed by atoms with Crippen molar-refractivity contribution in [2.45, 2.75) is 38.3 Å². The Morgan fingerprint density at radius 2 is 1.82 bits per heavy atom. The molecular formula is C21H26N2O5. The lowest BCUT2D eigenvalue weighted by Gasteiger charge is -2.16. The lowest BCUT2D eigenvalue weighted by Crippen LogP contribution is -2.23. The van der Waals surface area contributed by atoms with E-state index in [-0.39, 0.29) is 12.0 Å². The van der Waals surface area contributed by atoms with Crippen molar-refractivity contribution < 1.29 is 23.7 Å². The van der Waals surface area contributed by atoms with Crippen LogP contribution in [0.4, 0.5) is 0 Å². The Balaban J connectivity index is 1.68. The van der Waals surface area contributed by atoms with Crippen molar-refractivity contribution in [3.63, 3.8) is 0 Å². The van der Waals surface area contributed by atoms with E-state index in [0.29, 0.717) is 35.2 Å². The molecule has 0 unspecified atom stereocenters. The fourth-order valence-electron chi connectivity index (χ4n) is 3.36. The van der Waals surface area contributed by atoms with Gasteiger partial charge in [0.1, 0.15) is 6.10 Å². The van der Waals surface area contributed by atoms with E-state index in [9.17, 15) is 4.79 Å². The topological polar surface area (TPSA) is 78.9 Å². The molecule has 1 N–H and O–H groups in total. The van der Waals surface area contributed by atoms with E-state index in [1.165, 1.54) is 34.2 Å². The van der Waals surface area contributed by atoms with Crippen LogP contribution in [0.15, 0.2) is 30.5 Å². The van der Waals surface area contributed by atoms with Crippen molar-refractivity contribution in [3.05, 3.63) is 41.6 Å². The van der Waals surface area contributed by atoms with Gasteiger partial charge >= 0.3 is 0 Å². The SMILES string of the molecule is COc1ccc(C(=O)NCc2ccnc(OC3CCCC3)c2)c(OC)c1OC. The van der Waals surface area contributed by atoms with Crippen LogP contribution in [0.3, 0.4) is 0 Å². The molecule has 28 heavy (non-hydrogen) atoms. The highest BCUT2D eigenvalue weighted by Crippen LogP contribution is 2.39. The fourth-order valence-corrected chi connectivity index (χ4v) is 3.36. The van der Waals surface area contributed by atoms with Crippen molar-refractivity contribution in [2.24, 2.45) is 0 Å². The summed E-state index contributed by atoms with van der Waals surface area (Å²) in [6, 6.07) is 7.05. The number of hydrogen-bond acceptors (Lipinski definition) is 6. The Labute approximate surface area is 165 Å². The molecule has 1 saturated carbocycles. The summed E-state index contributed by atoms with van der Waals surface area (Å²) in [5, 5.41) is 2.90. The lowest BCUT2D eigenvalue weighted by molar-refractivity contribution is 0.0947. The van der Waals surface area contributed by atoms with Gasteiger partial charge in [0.05, 0.1) is 26.9 Å². The third kappa shape index (κ3) is 4.47. The van der Waals surface area contributed by atoms with E-state index in [1.54, 1.807) is 18.3 Å². The maximum Gasteiger partial charge on any atom is 0.255 e. The molecule has 0 atom stereocenters. The summed E-state index contributed by atoms with van der Waals surface area (Å²) in [7, 11) is 4.53. The van der Waals surface area contributed by atoms with E-state index >= 15 is 0 Å². The van der Waals surface area contributed by atoms with Gasteiger partial charge in [0.25, 0.3) is 5.91 Å². The Hall–Kier alpha value is -2.96. The summed E-state index contributed by atoms with van der Waals surface area (Å²) in [6.07, 6.45) is 6.49. The average Bonchev–Trinajstić information content (AvgIpc) is 3.24. The van der Waals surface area contributed by atoms with Gasteiger partial charge in [-0.2, -0.15) is 0 Å². The monoisotopic (exact) mass is 386 g/mol. The molecule has 1 aliphatic carbocycles. The molecule has 150 valence electrons. The van der Waals surface area contributed by atoms with E-state index in [2.05, 4.69) is 10.3 Å². The molecule has 1 aromatic heterocycles. The quantitative estimate of drug-likeness (QED) is 0.749. The van der Waals surface area contributed by atoms with Gasteiger partial charge in [0.15, 0.2) is 11.5 Å². The molecule has 7 nitrogen and oxygen atoms in total. The molecule has 0 spiro atoms. The van der Waals surface area contributed by atoms with Crippen LogP contribution in [-0.2, 0) is 6.54 Å². The highest BCUT2D eigenvalue weighted by atomic mass is 16.5. The number of amides is 1. The number of rotatable bonds is 8. The van der Waals surface area contributed by atoms with Gasteiger partial charge in [0.2, 0.25) is 11.6 Å². The fraction of sp³-hybridized carbons (Fsp3) is 0.429. The molecule has 1 fully saturated rings. The minimum atomic E-state index is -0.270. The van der Waals surface area contributed by atoms with E-state index in [4.69, 9.17) is 18.9 Å². The Bertz CT molecular complexity index is 818. The molecule has 0 aliphatic heterocycles. The zero-order valence-corrected chi connectivity index (χ0v) is 16.5. The van der Waals surface area contributed by atoms with E-state index in [0.717, 1.165) is 18.4 Å². The molecular weight excluding hydrogens is 360 g/mol. The molecule has 0 radical (unpaired) electrons. The maximum absolute atomic E-state index is 12.7. The van der Waals surface area contributed by atoms with E-state index in [1.807, 2.05) is 12.1 Å². The number of ether oxygens (including phenoxy) is 4. The third-order valence-electron chi connectivity index (χ3n) is 4.79. The molecule has 0 saturated heterocycles. The highest BCUT2D eigenvalue weighted by Gasteiger charge is 2.21. The first-order valence-corrected chi connectivity index (χ1v) is 9.35. The van der Waals surface area contributed by atoms with Gasteiger partial charge in [0, 0.05) is 18.8 Å². The minimum absolute atomic E-state index is 0.244. The first kappa shape index (κ1) is 19.8. The lowest BCUT2D eigenvalue weighted by atomic mass is 10.1. The third-order valence-corrected chi connectivity index (χ3v) is 4.79. The molecule has 3 rings (SSSR count). The molecule has 1 aliphatic rings. The number of carbonyl (C=O) groups excluding carboxylic acids is 1. The summed E-state index contributed by atoms with van der Waals surface area (Å²) in [5.41, 5.74) is 1.28. The van der Waals surface area contributed by atoms with Crippen LogP contribution in [0.2, 0.25) is 0 Å². The molecule has 1 amide bonds. The van der Waals surface area contributed by atoms with Gasteiger partial charge in [-0.05, 0) is 49.4 Å². The number of nitrogens with zero attached hydrogens (tertiary/aromatic N) is 1. The second-order valence-electron chi connectivity index (χ2n) is 6.59. The number of aromatic nitrogens is 1.